The summed E-state index contributed by atoms with van der Waals surface area (Å²) in [6, 6.07) is 142. The molecule has 108 heavy (non-hydrogen) atoms. The number of fused-ring (bicyclic) bond motifs is 14. The fourth-order valence-corrected chi connectivity index (χ4v) is 17.1. The predicted octanol–water partition coefficient (Wildman–Crippen LogP) is 27.7. The van der Waals surface area contributed by atoms with E-state index >= 15 is 0 Å². The van der Waals surface area contributed by atoms with Crippen molar-refractivity contribution < 1.29 is 0 Å². The van der Waals surface area contributed by atoms with Crippen LogP contribution in [-0.2, 0) is 0 Å². The van der Waals surface area contributed by atoms with Crippen LogP contribution in [0.2, 0.25) is 0 Å². The predicted molar refractivity (Wildman–Crippen MR) is 459 cm³/mol. The van der Waals surface area contributed by atoms with E-state index in [1.807, 2.05) is 0 Å². The summed E-state index contributed by atoms with van der Waals surface area (Å²) in [5, 5.41) is 14.8. The summed E-state index contributed by atoms with van der Waals surface area (Å²) >= 11 is 0. The van der Waals surface area contributed by atoms with Crippen LogP contribution in [0.4, 0.5) is 34.1 Å². The summed E-state index contributed by atoms with van der Waals surface area (Å²) in [4.78, 5) is 4.74. The van der Waals surface area contributed by atoms with E-state index in [4.69, 9.17) is 0 Å². The van der Waals surface area contributed by atoms with Gasteiger partial charge in [-0.05, 0) is 214 Å². The third-order valence-electron chi connectivity index (χ3n) is 22.0. The van der Waals surface area contributed by atoms with E-state index < -0.39 is 0 Å². The fourth-order valence-electron chi connectivity index (χ4n) is 17.1. The van der Waals surface area contributed by atoms with Gasteiger partial charge in [-0.2, -0.15) is 0 Å². The maximum Gasteiger partial charge on any atom is 0.0541 e. The van der Waals surface area contributed by atoms with Crippen LogP contribution in [0.3, 0.4) is 0 Å². The summed E-state index contributed by atoms with van der Waals surface area (Å²) in [5.74, 6) is 0. The van der Waals surface area contributed by atoms with Crippen molar-refractivity contribution in [3.63, 3.8) is 0 Å². The van der Waals surface area contributed by atoms with Crippen LogP contribution in [0.5, 0.6) is 0 Å². The molecule has 6 heteroatoms. The quantitative estimate of drug-likeness (QED) is 0.0801. The van der Waals surface area contributed by atoms with E-state index in [9.17, 15) is 0 Å². The molecule has 0 bridgehead atoms. The Kier molecular flexibility index (Phi) is 14.8. The second-order valence-electron chi connectivity index (χ2n) is 28.0. The molecule has 21 aromatic rings. The Morgan fingerprint density at radius 3 is 0.491 bits per heavy atom. The summed E-state index contributed by atoms with van der Waals surface area (Å²) in [6.07, 6.45) is 9.16. The van der Waals surface area contributed by atoms with E-state index in [0.717, 1.165) is 68.0 Å². The molecule has 4 heterocycles. The molecule has 0 aliphatic heterocycles. The van der Waals surface area contributed by atoms with Crippen molar-refractivity contribution >= 4 is 167 Å². The zero-order valence-electron chi connectivity index (χ0n) is 58.9. The third kappa shape index (κ3) is 10.3. The van der Waals surface area contributed by atoms with Crippen molar-refractivity contribution in [3.05, 3.63) is 411 Å². The molecule has 0 aliphatic rings. The highest BCUT2D eigenvalue weighted by Gasteiger charge is 2.22. The molecule has 506 valence electrons. The first-order valence-electron chi connectivity index (χ1n) is 37.0. The number of para-hydroxylation sites is 8. The molecule has 0 saturated carbocycles. The third-order valence-corrected chi connectivity index (χ3v) is 22.0. The van der Waals surface area contributed by atoms with Crippen LogP contribution in [0, 0.1) is 0 Å². The zero-order valence-corrected chi connectivity index (χ0v) is 58.9. The van der Waals surface area contributed by atoms with Gasteiger partial charge in [0.1, 0.15) is 0 Å². The molecule has 17 aromatic carbocycles. The molecule has 0 atom stereocenters. The molecule has 6 nitrogen and oxygen atoms in total. The minimum atomic E-state index is 1.06. The van der Waals surface area contributed by atoms with Crippen LogP contribution in [0.1, 0.15) is 22.3 Å². The maximum atomic E-state index is 2.38. The summed E-state index contributed by atoms with van der Waals surface area (Å²) in [5.41, 5.74) is 24.9. The number of benzene rings is 17. The molecule has 0 radical (unpaired) electrons. The first-order valence-corrected chi connectivity index (χ1v) is 37.0. The van der Waals surface area contributed by atoms with Gasteiger partial charge in [-0.1, -0.05) is 243 Å². The van der Waals surface area contributed by atoms with Gasteiger partial charge in [0, 0.05) is 100.0 Å². The number of nitrogens with zero attached hydrogens (tertiary/aromatic N) is 6. The monoisotopic (exact) mass is 1380 g/mol. The van der Waals surface area contributed by atoms with Gasteiger partial charge in [0.2, 0.25) is 0 Å². The van der Waals surface area contributed by atoms with E-state index in [0.29, 0.717) is 0 Å². The van der Waals surface area contributed by atoms with Crippen molar-refractivity contribution in [2.75, 3.05) is 9.80 Å². The van der Waals surface area contributed by atoms with Gasteiger partial charge < -0.3 is 28.1 Å². The van der Waals surface area contributed by atoms with Gasteiger partial charge >= 0.3 is 0 Å². The molecule has 0 saturated heterocycles. The minimum absolute atomic E-state index is 1.06. The Hall–Kier alpha value is -14.5. The average molecular weight is 1380 g/mol. The van der Waals surface area contributed by atoms with Crippen molar-refractivity contribution in [2.24, 2.45) is 0 Å². The molecule has 0 amide bonds. The number of anilines is 6. The van der Waals surface area contributed by atoms with Crippen molar-refractivity contribution in [1.29, 1.82) is 0 Å². The standard InChI is InChI=1S/C102H68N6/c1-2-22-82-81(21-1)85(67-45-69-41-47-71(48-42-69)103(73-51-59-77(60-52-73)105-95-33-13-5-25-87(95)88-26-6-14-34-96(88)105)74-53-61-78(62-54-74)106-97-35-15-7-27-89(97)90-28-8-16-36-98(90)106)83-23-3-4-24-84(83)86(82)68-46-70-43-49-72(50-44-70)104(75-55-63-79(64-56-75)107-99-37-17-9-29-91(99)92-30-10-18-38-100(92)107)76-57-65-80(66-58-76)108-101-39-19-11-31-93(101)94-32-12-20-40-102(94)108/h1-68H. The number of hydrogen-bond acceptors (Lipinski definition) is 2. The van der Waals surface area contributed by atoms with Gasteiger partial charge in [0.05, 0.1) is 44.1 Å². The highest BCUT2D eigenvalue weighted by atomic mass is 15.2. The highest BCUT2D eigenvalue weighted by molar-refractivity contribution is 6.16. The lowest BCUT2D eigenvalue weighted by Crippen LogP contribution is -2.10. The SMILES string of the molecule is C(=Cc1c2ccccc2c(C=Cc2ccc(N(c3ccc(-n4c5ccccc5c5ccccc54)cc3)c3ccc(-n4c5ccccc5c5ccccc54)cc3)cc2)c2ccccc12)c1ccc(N(c2ccc(-n3c4ccccc4c4ccccc43)cc2)c2ccc(-n3c4ccccc4c4ccccc43)cc2)cc1. The topological polar surface area (TPSA) is 26.2 Å². The van der Waals surface area contributed by atoms with Gasteiger partial charge in [-0.25, -0.2) is 0 Å². The molecule has 0 fully saturated rings. The Morgan fingerprint density at radius 1 is 0.148 bits per heavy atom. The molecule has 4 aromatic heterocycles. The summed E-state index contributed by atoms with van der Waals surface area (Å²) in [6.45, 7) is 0. The van der Waals surface area contributed by atoms with Gasteiger partial charge in [0.25, 0.3) is 0 Å². The largest absolute Gasteiger partial charge is 0.311 e. The lowest BCUT2D eigenvalue weighted by atomic mass is 9.91. The first-order chi connectivity index (χ1) is 53.6. The molecule has 0 aliphatic carbocycles. The van der Waals surface area contributed by atoms with Gasteiger partial charge in [-0.3, -0.25) is 0 Å². The lowest BCUT2D eigenvalue weighted by Gasteiger charge is -2.26. The number of hydrogen-bond donors (Lipinski definition) is 0. The Labute approximate surface area is 624 Å². The molecule has 0 N–H and O–H groups in total. The first kappa shape index (κ1) is 62.1. The van der Waals surface area contributed by atoms with Crippen LogP contribution in [0.15, 0.2) is 388 Å². The van der Waals surface area contributed by atoms with Crippen LogP contribution in [-0.4, -0.2) is 18.3 Å². The number of aromatic nitrogens is 4. The molecular weight excluding hydrogens is 1310 g/mol. The van der Waals surface area contributed by atoms with E-state index in [1.165, 1.54) is 120 Å². The number of rotatable bonds is 14. The van der Waals surface area contributed by atoms with Crippen LogP contribution >= 0.6 is 0 Å². The lowest BCUT2D eigenvalue weighted by molar-refractivity contribution is 1.17. The summed E-state index contributed by atoms with van der Waals surface area (Å²) < 4.78 is 9.53. The van der Waals surface area contributed by atoms with Gasteiger partial charge in [-0.15, -0.1) is 0 Å². The molecule has 0 spiro atoms. The Bertz CT molecular complexity index is 6120. The molecular formula is C102H68N6. The molecule has 0 unspecified atom stereocenters. The average Bonchev–Trinajstić information content (AvgIpc) is 1.34. The Balaban J connectivity index is 0.605. The normalized spacial score (nSPS) is 12.0. The van der Waals surface area contributed by atoms with Crippen molar-refractivity contribution in [1.82, 2.24) is 18.3 Å². The zero-order chi connectivity index (χ0) is 71.2. The minimum Gasteiger partial charge on any atom is -0.311 e. The van der Waals surface area contributed by atoms with E-state index in [1.54, 1.807) is 0 Å². The maximum absolute atomic E-state index is 2.38. The smallest absolute Gasteiger partial charge is 0.0541 e. The fraction of sp³-hybridized carbons (Fsp3) is 0. The summed E-state index contributed by atoms with van der Waals surface area (Å²) in [7, 11) is 0. The van der Waals surface area contributed by atoms with Crippen molar-refractivity contribution in [3.8, 4) is 22.7 Å². The van der Waals surface area contributed by atoms with Crippen molar-refractivity contribution in [2.45, 2.75) is 0 Å². The second kappa shape index (κ2) is 25.7. The molecule has 21 rings (SSSR count). The van der Waals surface area contributed by atoms with E-state index in [2.05, 4.69) is 441 Å². The van der Waals surface area contributed by atoms with Crippen LogP contribution < -0.4 is 9.80 Å². The Morgan fingerprint density at radius 2 is 0.306 bits per heavy atom. The van der Waals surface area contributed by atoms with Crippen LogP contribution in [0.25, 0.3) is 156 Å². The second-order valence-corrected chi connectivity index (χ2v) is 28.0. The van der Waals surface area contributed by atoms with Gasteiger partial charge in [0.15, 0.2) is 0 Å². The van der Waals surface area contributed by atoms with E-state index in [-0.39, 0.29) is 0 Å². The highest BCUT2D eigenvalue weighted by Crippen LogP contribution is 2.44.